The largest absolute Gasteiger partial charge is 0.481 e. The summed E-state index contributed by atoms with van der Waals surface area (Å²) in [4.78, 5) is 26.6. The number of halogens is 1. The fraction of sp³-hybridized carbons (Fsp3) is 0.462. The SMILES string of the molecule is CCCc1cc(C(=O)NC(C)CC(=O)O)cc(Cl)n1. The summed E-state index contributed by atoms with van der Waals surface area (Å²) in [5.41, 5.74) is 1.16. The second-order valence-electron chi connectivity index (χ2n) is 4.39. The van der Waals surface area contributed by atoms with Crippen LogP contribution in [0.2, 0.25) is 5.15 Å². The molecule has 1 rings (SSSR count). The number of carboxylic acid groups (broad SMARTS) is 1. The van der Waals surface area contributed by atoms with Gasteiger partial charge in [0.2, 0.25) is 0 Å². The third-order valence-electron chi connectivity index (χ3n) is 2.47. The van der Waals surface area contributed by atoms with Gasteiger partial charge in [-0.1, -0.05) is 24.9 Å². The Labute approximate surface area is 117 Å². The predicted octanol–water partition coefficient (Wildman–Crippen LogP) is 2.28. The second-order valence-corrected chi connectivity index (χ2v) is 4.78. The Morgan fingerprint density at radius 2 is 2.16 bits per heavy atom. The molecule has 19 heavy (non-hydrogen) atoms. The van der Waals surface area contributed by atoms with Crippen molar-refractivity contribution in [3.8, 4) is 0 Å². The van der Waals surface area contributed by atoms with E-state index in [1.165, 1.54) is 6.07 Å². The molecule has 0 fully saturated rings. The van der Waals surface area contributed by atoms with Gasteiger partial charge in [0.1, 0.15) is 5.15 Å². The quantitative estimate of drug-likeness (QED) is 0.786. The molecule has 0 spiro atoms. The van der Waals surface area contributed by atoms with E-state index < -0.39 is 12.0 Å². The Bertz CT molecular complexity index is 477. The van der Waals surface area contributed by atoms with Crippen LogP contribution in [0.3, 0.4) is 0 Å². The Morgan fingerprint density at radius 1 is 1.47 bits per heavy atom. The summed E-state index contributed by atoms with van der Waals surface area (Å²) in [5, 5.41) is 11.5. The van der Waals surface area contributed by atoms with Crippen LogP contribution in [0.5, 0.6) is 0 Å². The van der Waals surface area contributed by atoms with E-state index >= 15 is 0 Å². The highest BCUT2D eigenvalue weighted by molar-refractivity contribution is 6.29. The maximum atomic E-state index is 12.0. The zero-order valence-electron chi connectivity index (χ0n) is 10.9. The molecule has 1 atom stereocenters. The van der Waals surface area contributed by atoms with Gasteiger partial charge in [-0.2, -0.15) is 0 Å². The van der Waals surface area contributed by atoms with Gasteiger partial charge in [-0.3, -0.25) is 9.59 Å². The Balaban J connectivity index is 2.78. The van der Waals surface area contributed by atoms with E-state index in [1.807, 2.05) is 6.92 Å². The average Bonchev–Trinajstić information content (AvgIpc) is 2.27. The van der Waals surface area contributed by atoms with Crippen molar-refractivity contribution in [1.29, 1.82) is 0 Å². The van der Waals surface area contributed by atoms with Gasteiger partial charge < -0.3 is 10.4 Å². The number of aliphatic carboxylic acids is 1. The van der Waals surface area contributed by atoms with Crippen molar-refractivity contribution in [2.75, 3.05) is 0 Å². The molecule has 1 aromatic rings. The third kappa shape index (κ3) is 5.26. The van der Waals surface area contributed by atoms with E-state index in [2.05, 4.69) is 10.3 Å². The lowest BCUT2D eigenvalue weighted by molar-refractivity contribution is -0.137. The van der Waals surface area contributed by atoms with Crippen molar-refractivity contribution < 1.29 is 14.7 Å². The minimum atomic E-state index is -0.952. The summed E-state index contributed by atoms with van der Waals surface area (Å²) >= 11 is 5.87. The molecule has 2 N–H and O–H groups in total. The topological polar surface area (TPSA) is 79.3 Å². The number of aryl methyl sites for hydroxylation is 1. The number of hydrogen-bond donors (Lipinski definition) is 2. The highest BCUT2D eigenvalue weighted by Gasteiger charge is 2.14. The molecule has 6 heteroatoms. The zero-order valence-corrected chi connectivity index (χ0v) is 11.7. The van der Waals surface area contributed by atoms with Crippen LogP contribution in [-0.4, -0.2) is 28.0 Å². The average molecular weight is 285 g/mol. The number of nitrogens with zero attached hydrogens (tertiary/aromatic N) is 1. The van der Waals surface area contributed by atoms with Crippen molar-refractivity contribution in [1.82, 2.24) is 10.3 Å². The van der Waals surface area contributed by atoms with Crippen molar-refractivity contribution in [3.05, 3.63) is 28.5 Å². The van der Waals surface area contributed by atoms with Crippen LogP contribution in [0.25, 0.3) is 0 Å². The van der Waals surface area contributed by atoms with Gasteiger partial charge in [0, 0.05) is 17.3 Å². The van der Waals surface area contributed by atoms with Crippen LogP contribution in [0, 0.1) is 0 Å². The molecule has 0 bridgehead atoms. The molecule has 0 aliphatic carbocycles. The van der Waals surface area contributed by atoms with Gasteiger partial charge in [0.25, 0.3) is 5.91 Å². The maximum Gasteiger partial charge on any atom is 0.305 e. The summed E-state index contributed by atoms with van der Waals surface area (Å²) in [7, 11) is 0. The number of carboxylic acids is 1. The van der Waals surface area contributed by atoms with Crippen molar-refractivity contribution in [3.63, 3.8) is 0 Å². The van der Waals surface area contributed by atoms with E-state index in [4.69, 9.17) is 16.7 Å². The monoisotopic (exact) mass is 284 g/mol. The third-order valence-corrected chi connectivity index (χ3v) is 2.67. The van der Waals surface area contributed by atoms with Crippen molar-refractivity contribution >= 4 is 23.5 Å². The molecule has 1 amide bonds. The van der Waals surface area contributed by atoms with E-state index in [-0.39, 0.29) is 17.5 Å². The van der Waals surface area contributed by atoms with Crippen LogP contribution < -0.4 is 5.32 Å². The normalized spacial score (nSPS) is 11.9. The number of carbonyl (C=O) groups excluding carboxylic acids is 1. The highest BCUT2D eigenvalue weighted by atomic mass is 35.5. The number of carbonyl (C=O) groups is 2. The van der Waals surface area contributed by atoms with Gasteiger partial charge >= 0.3 is 5.97 Å². The first-order valence-electron chi connectivity index (χ1n) is 6.11. The van der Waals surface area contributed by atoms with Crippen molar-refractivity contribution in [2.45, 2.75) is 39.2 Å². The van der Waals surface area contributed by atoms with Crippen molar-refractivity contribution in [2.24, 2.45) is 0 Å². The molecule has 1 unspecified atom stereocenters. The summed E-state index contributed by atoms with van der Waals surface area (Å²) in [6.45, 7) is 3.65. The molecule has 0 aliphatic rings. The molecular weight excluding hydrogens is 268 g/mol. The van der Waals surface area contributed by atoms with Crippen LogP contribution in [-0.2, 0) is 11.2 Å². The number of amides is 1. The standard InChI is InChI=1S/C13H17ClN2O3/c1-3-4-10-6-9(7-11(14)16-10)13(19)15-8(2)5-12(17)18/h6-8H,3-5H2,1-2H3,(H,15,19)(H,17,18). The fourth-order valence-corrected chi connectivity index (χ4v) is 1.91. The smallest absolute Gasteiger partial charge is 0.305 e. The van der Waals surface area contributed by atoms with Gasteiger partial charge in [0.05, 0.1) is 6.42 Å². The van der Waals surface area contributed by atoms with Crippen LogP contribution in [0.4, 0.5) is 0 Å². The van der Waals surface area contributed by atoms with Gasteiger partial charge in [-0.15, -0.1) is 0 Å². The van der Waals surface area contributed by atoms with E-state index in [1.54, 1.807) is 13.0 Å². The van der Waals surface area contributed by atoms with Gasteiger partial charge in [-0.05, 0) is 25.5 Å². The van der Waals surface area contributed by atoms with Gasteiger partial charge in [0.15, 0.2) is 0 Å². The summed E-state index contributed by atoms with van der Waals surface area (Å²) in [6.07, 6.45) is 1.53. The first-order valence-corrected chi connectivity index (χ1v) is 6.49. The maximum absolute atomic E-state index is 12.0. The molecule has 104 valence electrons. The first-order chi connectivity index (χ1) is 8.92. The lowest BCUT2D eigenvalue weighted by Gasteiger charge is -2.12. The Morgan fingerprint density at radius 3 is 2.74 bits per heavy atom. The number of pyridine rings is 1. The summed E-state index contributed by atoms with van der Waals surface area (Å²) in [6, 6.07) is 2.72. The minimum absolute atomic E-state index is 0.119. The molecule has 5 nitrogen and oxygen atoms in total. The fourth-order valence-electron chi connectivity index (χ4n) is 1.69. The first kappa shape index (κ1) is 15.4. The Kier molecular flexibility index (Phi) is 5.76. The number of aromatic nitrogens is 1. The summed E-state index contributed by atoms with van der Waals surface area (Å²) in [5.74, 6) is -1.29. The molecular formula is C13H17ClN2O3. The Hall–Kier alpha value is -1.62. The molecule has 1 aromatic heterocycles. The van der Waals surface area contributed by atoms with Crippen LogP contribution in [0.1, 0.15) is 42.7 Å². The lowest BCUT2D eigenvalue weighted by Crippen LogP contribution is -2.34. The predicted molar refractivity (Wildman–Crippen MR) is 72.4 cm³/mol. The lowest BCUT2D eigenvalue weighted by atomic mass is 10.1. The molecule has 0 radical (unpaired) electrons. The molecule has 0 aliphatic heterocycles. The van der Waals surface area contributed by atoms with E-state index in [9.17, 15) is 9.59 Å². The van der Waals surface area contributed by atoms with Crippen LogP contribution >= 0.6 is 11.6 Å². The van der Waals surface area contributed by atoms with E-state index in [0.717, 1.165) is 18.5 Å². The van der Waals surface area contributed by atoms with E-state index in [0.29, 0.717) is 5.56 Å². The number of hydrogen-bond acceptors (Lipinski definition) is 3. The van der Waals surface area contributed by atoms with Gasteiger partial charge in [-0.25, -0.2) is 4.98 Å². The molecule has 0 saturated heterocycles. The minimum Gasteiger partial charge on any atom is -0.481 e. The summed E-state index contributed by atoms with van der Waals surface area (Å²) < 4.78 is 0. The molecule has 0 saturated carbocycles. The molecule has 1 heterocycles. The number of rotatable bonds is 6. The zero-order chi connectivity index (χ0) is 14.4. The highest BCUT2D eigenvalue weighted by Crippen LogP contribution is 2.12. The van der Waals surface area contributed by atoms with Crippen LogP contribution in [0.15, 0.2) is 12.1 Å². The molecule has 0 aromatic carbocycles. The second kappa shape index (κ2) is 7.09. The number of nitrogens with one attached hydrogen (secondary N) is 1.